The first kappa shape index (κ1) is 10.4. The van der Waals surface area contributed by atoms with Crippen molar-refractivity contribution in [3.63, 3.8) is 0 Å². The van der Waals surface area contributed by atoms with Crippen LogP contribution in [0.3, 0.4) is 0 Å². The van der Waals surface area contributed by atoms with Crippen molar-refractivity contribution in [2.75, 3.05) is 19.8 Å². The molecular weight excluding hydrogens is 148 g/mol. The van der Waals surface area contributed by atoms with Crippen molar-refractivity contribution in [2.24, 2.45) is 0 Å². The molecule has 4 heteroatoms. The number of carbonyl (C=O) groups excluding carboxylic acids is 1. The molecule has 0 unspecified atom stereocenters. The average Bonchev–Trinajstić information content (AvgIpc) is 2.00. The van der Waals surface area contributed by atoms with Gasteiger partial charge in [-0.3, -0.25) is 0 Å². The molecule has 1 atom stereocenters. The first-order valence-corrected chi connectivity index (χ1v) is 3.64. The van der Waals surface area contributed by atoms with Gasteiger partial charge in [0.1, 0.15) is 0 Å². The molecule has 0 rings (SSSR count). The summed E-state index contributed by atoms with van der Waals surface area (Å²) >= 11 is 0. The van der Waals surface area contributed by atoms with Crippen LogP contribution in [0.25, 0.3) is 0 Å². The van der Waals surface area contributed by atoms with Gasteiger partial charge in [-0.25, -0.2) is 4.79 Å². The minimum Gasteiger partial charge on any atom is -0.464 e. The molecule has 0 aliphatic carbocycles. The van der Waals surface area contributed by atoms with Crippen LogP contribution in [0.1, 0.15) is 13.8 Å². The summed E-state index contributed by atoms with van der Waals surface area (Å²) in [6, 6.07) is 0. The second kappa shape index (κ2) is 6.12. The molecule has 0 aliphatic heterocycles. The van der Waals surface area contributed by atoms with Gasteiger partial charge in [0.25, 0.3) is 0 Å². The fourth-order valence-electron chi connectivity index (χ4n) is 0.536. The summed E-state index contributed by atoms with van der Waals surface area (Å²) in [6.07, 6.45) is -1.14. The Kier molecular flexibility index (Phi) is 5.78. The van der Waals surface area contributed by atoms with Crippen LogP contribution in [-0.2, 0) is 14.3 Å². The molecule has 0 saturated carbocycles. The predicted octanol–water partition coefficient (Wildman–Crippen LogP) is -0.0531. The quantitative estimate of drug-likeness (QED) is 0.576. The van der Waals surface area contributed by atoms with Crippen molar-refractivity contribution in [1.82, 2.24) is 0 Å². The monoisotopic (exact) mass is 162 g/mol. The largest absolute Gasteiger partial charge is 0.464 e. The number of esters is 1. The van der Waals surface area contributed by atoms with E-state index in [1.54, 1.807) is 13.8 Å². The highest BCUT2D eigenvalue weighted by Gasteiger charge is 2.15. The third kappa shape index (κ3) is 4.75. The van der Waals surface area contributed by atoms with Crippen LogP contribution in [-0.4, -0.2) is 37.0 Å². The van der Waals surface area contributed by atoms with Gasteiger partial charge in [0, 0.05) is 6.61 Å². The Morgan fingerprint density at radius 2 is 2.09 bits per heavy atom. The molecule has 0 aromatic carbocycles. The van der Waals surface area contributed by atoms with Crippen LogP contribution in [0.2, 0.25) is 0 Å². The van der Waals surface area contributed by atoms with Gasteiger partial charge in [-0.05, 0) is 13.8 Å². The number of aliphatic hydroxyl groups is 1. The Labute approximate surface area is 66.1 Å². The molecule has 0 aromatic heterocycles. The Bertz CT molecular complexity index is 113. The zero-order valence-corrected chi connectivity index (χ0v) is 6.87. The topological polar surface area (TPSA) is 55.8 Å². The van der Waals surface area contributed by atoms with Crippen LogP contribution >= 0.6 is 0 Å². The van der Waals surface area contributed by atoms with E-state index in [1.165, 1.54) is 0 Å². The van der Waals surface area contributed by atoms with Gasteiger partial charge in [0.05, 0.1) is 13.2 Å². The molecule has 0 amide bonds. The number of hydrogen-bond donors (Lipinski definition) is 1. The minimum absolute atomic E-state index is 0.00926. The third-order valence-corrected chi connectivity index (χ3v) is 1.04. The fraction of sp³-hybridized carbons (Fsp3) is 0.857. The van der Waals surface area contributed by atoms with Crippen molar-refractivity contribution >= 4 is 5.97 Å². The summed E-state index contributed by atoms with van der Waals surface area (Å²) in [4.78, 5) is 10.7. The van der Waals surface area contributed by atoms with E-state index in [4.69, 9.17) is 9.84 Å². The van der Waals surface area contributed by atoms with E-state index in [0.717, 1.165) is 0 Å². The molecule has 0 aliphatic rings. The number of ether oxygens (including phenoxy) is 2. The third-order valence-electron chi connectivity index (χ3n) is 1.04. The summed E-state index contributed by atoms with van der Waals surface area (Å²) in [6.45, 7) is 4.25. The molecule has 0 heterocycles. The number of carbonyl (C=O) groups is 1. The molecule has 0 fully saturated rings. The van der Waals surface area contributed by atoms with Crippen molar-refractivity contribution in [3.05, 3.63) is 0 Å². The normalized spacial score (nSPS) is 12.6. The van der Waals surface area contributed by atoms with Crippen molar-refractivity contribution in [3.8, 4) is 0 Å². The zero-order valence-electron chi connectivity index (χ0n) is 6.87. The second-order valence-electron chi connectivity index (χ2n) is 1.93. The minimum atomic E-state index is -1.14. The van der Waals surface area contributed by atoms with E-state index in [1.807, 2.05) is 0 Å². The van der Waals surface area contributed by atoms with Gasteiger partial charge in [-0.1, -0.05) is 0 Å². The molecule has 1 N–H and O–H groups in total. The molecule has 66 valence electrons. The SMILES string of the molecule is CCOC[C@H](O)C(=O)OCC. The standard InChI is InChI=1S/C7H14O4/c1-3-10-5-6(8)7(9)11-4-2/h6,8H,3-5H2,1-2H3/t6-/m0/s1. The van der Waals surface area contributed by atoms with E-state index >= 15 is 0 Å². The maximum absolute atomic E-state index is 10.7. The molecule has 0 aromatic rings. The van der Waals surface area contributed by atoms with E-state index < -0.39 is 12.1 Å². The van der Waals surface area contributed by atoms with Gasteiger partial charge >= 0.3 is 5.97 Å². The Balaban J connectivity index is 3.46. The highest BCUT2D eigenvalue weighted by molar-refractivity contribution is 5.74. The van der Waals surface area contributed by atoms with Crippen LogP contribution < -0.4 is 0 Å². The Morgan fingerprint density at radius 3 is 2.55 bits per heavy atom. The molecule has 11 heavy (non-hydrogen) atoms. The highest BCUT2D eigenvalue weighted by Crippen LogP contribution is 1.89. The lowest BCUT2D eigenvalue weighted by molar-refractivity contribution is -0.156. The van der Waals surface area contributed by atoms with E-state index in [-0.39, 0.29) is 13.2 Å². The number of hydrogen-bond acceptors (Lipinski definition) is 4. The lowest BCUT2D eigenvalue weighted by atomic mass is 10.4. The molecule has 0 saturated heterocycles. The van der Waals surface area contributed by atoms with Crippen LogP contribution in [0.5, 0.6) is 0 Å². The first-order valence-electron chi connectivity index (χ1n) is 3.64. The van der Waals surface area contributed by atoms with E-state index in [2.05, 4.69) is 4.74 Å². The highest BCUT2D eigenvalue weighted by atomic mass is 16.6. The zero-order chi connectivity index (χ0) is 8.69. The van der Waals surface area contributed by atoms with E-state index in [9.17, 15) is 4.79 Å². The van der Waals surface area contributed by atoms with Crippen LogP contribution in [0.15, 0.2) is 0 Å². The maximum atomic E-state index is 10.7. The Hall–Kier alpha value is -0.610. The molecule has 0 spiro atoms. The Morgan fingerprint density at radius 1 is 1.45 bits per heavy atom. The summed E-state index contributed by atoms with van der Waals surface area (Å²) in [5, 5.41) is 8.98. The lowest BCUT2D eigenvalue weighted by Crippen LogP contribution is -2.27. The second-order valence-corrected chi connectivity index (χ2v) is 1.93. The van der Waals surface area contributed by atoms with Gasteiger partial charge in [-0.2, -0.15) is 0 Å². The van der Waals surface area contributed by atoms with Crippen molar-refractivity contribution in [2.45, 2.75) is 20.0 Å². The van der Waals surface area contributed by atoms with Gasteiger partial charge in [0.15, 0.2) is 6.10 Å². The summed E-state index contributed by atoms with van der Waals surface area (Å²) in [5.41, 5.74) is 0. The van der Waals surface area contributed by atoms with Gasteiger partial charge in [-0.15, -0.1) is 0 Å². The maximum Gasteiger partial charge on any atom is 0.337 e. The number of rotatable bonds is 5. The molecule has 4 nitrogen and oxygen atoms in total. The smallest absolute Gasteiger partial charge is 0.337 e. The molecule has 0 radical (unpaired) electrons. The molecule has 0 bridgehead atoms. The predicted molar refractivity (Wildman–Crippen MR) is 39.1 cm³/mol. The molecular formula is C7H14O4. The first-order chi connectivity index (χ1) is 5.22. The average molecular weight is 162 g/mol. The van der Waals surface area contributed by atoms with Gasteiger partial charge < -0.3 is 14.6 Å². The van der Waals surface area contributed by atoms with Crippen molar-refractivity contribution in [1.29, 1.82) is 0 Å². The fourth-order valence-corrected chi connectivity index (χ4v) is 0.536. The summed E-state index contributed by atoms with van der Waals surface area (Å²) < 4.78 is 9.34. The lowest BCUT2D eigenvalue weighted by Gasteiger charge is -2.08. The van der Waals surface area contributed by atoms with Crippen LogP contribution in [0.4, 0.5) is 0 Å². The number of aliphatic hydroxyl groups excluding tert-OH is 1. The van der Waals surface area contributed by atoms with Crippen LogP contribution in [0, 0.1) is 0 Å². The van der Waals surface area contributed by atoms with Gasteiger partial charge in [0.2, 0.25) is 0 Å². The van der Waals surface area contributed by atoms with E-state index in [0.29, 0.717) is 6.61 Å². The summed E-state index contributed by atoms with van der Waals surface area (Å²) in [7, 11) is 0. The van der Waals surface area contributed by atoms with Crippen molar-refractivity contribution < 1.29 is 19.4 Å². The summed E-state index contributed by atoms with van der Waals surface area (Å²) in [5.74, 6) is -0.624.